The normalized spacial score (nSPS) is 11.1. The molecule has 0 atom stereocenters. The topological polar surface area (TPSA) is 31.0 Å². The zero-order valence-corrected chi connectivity index (χ0v) is 9.76. The van der Waals surface area contributed by atoms with Gasteiger partial charge in [0.1, 0.15) is 0 Å². The minimum absolute atomic E-state index is 0.737. The average molecular weight is 226 g/mol. The second-order valence-electron chi connectivity index (χ2n) is 4.13. The highest BCUT2D eigenvalue weighted by Crippen LogP contribution is 2.21. The van der Waals surface area contributed by atoms with Crippen molar-refractivity contribution in [1.82, 2.24) is 9.72 Å². The van der Waals surface area contributed by atoms with Gasteiger partial charge < -0.3 is 9.09 Å². The number of aryl methyl sites for hydroxylation is 1. The van der Waals surface area contributed by atoms with E-state index in [1.807, 2.05) is 6.07 Å². The van der Waals surface area contributed by atoms with E-state index in [0.29, 0.717) is 0 Å². The van der Waals surface area contributed by atoms with Gasteiger partial charge in [-0.3, -0.25) is 0 Å². The van der Waals surface area contributed by atoms with Crippen molar-refractivity contribution < 1.29 is 4.52 Å². The van der Waals surface area contributed by atoms with Gasteiger partial charge in [0.15, 0.2) is 5.76 Å². The summed E-state index contributed by atoms with van der Waals surface area (Å²) in [7, 11) is 0. The Labute approximate surface area is 99.6 Å². The lowest BCUT2D eigenvalue weighted by molar-refractivity contribution is 0.377. The Hall–Kier alpha value is -2.03. The quantitative estimate of drug-likeness (QED) is 0.686. The van der Waals surface area contributed by atoms with E-state index < -0.39 is 0 Å². The smallest absolute Gasteiger partial charge is 0.156 e. The number of hydrogen-bond donors (Lipinski definition) is 0. The third-order valence-electron chi connectivity index (χ3n) is 3.07. The molecule has 0 saturated carbocycles. The van der Waals surface area contributed by atoms with Crippen molar-refractivity contribution in [2.24, 2.45) is 0 Å². The van der Waals surface area contributed by atoms with E-state index in [2.05, 4.69) is 47.1 Å². The molecule has 17 heavy (non-hydrogen) atoms. The molecule has 86 valence electrons. The van der Waals surface area contributed by atoms with E-state index >= 15 is 0 Å². The maximum Gasteiger partial charge on any atom is 0.156 e. The summed E-state index contributed by atoms with van der Waals surface area (Å²) in [4.78, 5) is 0. The fourth-order valence-electron chi connectivity index (χ4n) is 2.25. The van der Waals surface area contributed by atoms with E-state index in [0.717, 1.165) is 18.7 Å². The van der Waals surface area contributed by atoms with Gasteiger partial charge >= 0.3 is 0 Å². The lowest BCUT2D eigenvalue weighted by Crippen LogP contribution is -1.98. The van der Waals surface area contributed by atoms with Crippen LogP contribution in [0.4, 0.5) is 0 Å². The number of nitrogens with zero attached hydrogens (tertiary/aromatic N) is 2. The molecule has 2 aromatic heterocycles. The molecule has 3 aromatic rings. The minimum Gasteiger partial charge on any atom is -0.359 e. The van der Waals surface area contributed by atoms with E-state index in [1.165, 1.54) is 16.5 Å². The Morgan fingerprint density at radius 2 is 2.18 bits per heavy atom. The third-order valence-corrected chi connectivity index (χ3v) is 3.07. The lowest BCUT2D eigenvalue weighted by Gasteiger charge is -2.06. The summed E-state index contributed by atoms with van der Waals surface area (Å²) in [5.74, 6) is 0.883. The van der Waals surface area contributed by atoms with Crippen LogP contribution in [0.25, 0.3) is 10.9 Å². The van der Waals surface area contributed by atoms with Crippen LogP contribution in [0, 0.1) is 0 Å². The Morgan fingerprint density at radius 1 is 1.24 bits per heavy atom. The van der Waals surface area contributed by atoms with Crippen molar-refractivity contribution in [2.75, 3.05) is 0 Å². The molecule has 0 amide bonds. The number of fused-ring (bicyclic) bond motifs is 1. The van der Waals surface area contributed by atoms with Gasteiger partial charge in [-0.25, -0.2) is 0 Å². The van der Waals surface area contributed by atoms with Crippen molar-refractivity contribution in [3.63, 3.8) is 0 Å². The molecule has 3 rings (SSSR count). The van der Waals surface area contributed by atoms with Gasteiger partial charge in [0.05, 0.1) is 18.3 Å². The second-order valence-corrected chi connectivity index (χ2v) is 4.13. The van der Waals surface area contributed by atoms with E-state index in [-0.39, 0.29) is 0 Å². The molecule has 0 unspecified atom stereocenters. The molecular weight excluding hydrogens is 212 g/mol. The first-order valence-corrected chi connectivity index (χ1v) is 5.85. The number of hydrogen-bond acceptors (Lipinski definition) is 2. The van der Waals surface area contributed by atoms with Crippen molar-refractivity contribution in [3.8, 4) is 0 Å². The zero-order valence-electron chi connectivity index (χ0n) is 9.76. The third kappa shape index (κ3) is 1.73. The summed E-state index contributed by atoms with van der Waals surface area (Å²) in [5.41, 5.74) is 2.67. The predicted molar refractivity (Wildman–Crippen MR) is 66.9 cm³/mol. The van der Waals surface area contributed by atoms with Gasteiger partial charge in [0.2, 0.25) is 0 Å². The summed E-state index contributed by atoms with van der Waals surface area (Å²) in [5, 5.41) is 5.02. The summed E-state index contributed by atoms with van der Waals surface area (Å²) in [6, 6.07) is 10.5. The molecule has 0 aliphatic rings. The van der Waals surface area contributed by atoms with E-state index in [9.17, 15) is 0 Å². The van der Waals surface area contributed by atoms with Gasteiger partial charge in [-0.1, -0.05) is 30.3 Å². The zero-order chi connectivity index (χ0) is 11.7. The standard InChI is InChI=1S/C14H14N2O/c1-2-11-4-3-5-12-7-9-16(14(11)12)10-13-6-8-15-17-13/h3-9H,2,10H2,1H3. The van der Waals surface area contributed by atoms with Crippen LogP contribution in [0.2, 0.25) is 0 Å². The molecule has 0 aliphatic heterocycles. The summed E-state index contributed by atoms with van der Waals surface area (Å²) in [6.45, 7) is 2.92. The molecule has 0 aliphatic carbocycles. The molecule has 0 saturated heterocycles. The predicted octanol–water partition coefficient (Wildman–Crippen LogP) is 3.24. The Morgan fingerprint density at radius 3 is 2.94 bits per heavy atom. The molecule has 1 aromatic carbocycles. The maximum atomic E-state index is 5.16. The lowest BCUT2D eigenvalue weighted by atomic mass is 10.1. The largest absolute Gasteiger partial charge is 0.359 e. The number of aromatic nitrogens is 2. The van der Waals surface area contributed by atoms with Gasteiger partial charge in [-0.15, -0.1) is 0 Å². The molecule has 3 nitrogen and oxygen atoms in total. The molecule has 0 spiro atoms. The van der Waals surface area contributed by atoms with Crippen LogP contribution in [0.3, 0.4) is 0 Å². The first kappa shape index (κ1) is 10.1. The number of benzene rings is 1. The van der Waals surface area contributed by atoms with Gasteiger partial charge in [-0.2, -0.15) is 0 Å². The van der Waals surface area contributed by atoms with E-state index in [1.54, 1.807) is 6.20 Å². The van der Waals surface area contributed by atoms with Crippen LogP contribution in [0.15, 0.2) is 47.2 Å². The number of rotatable bonds is 3. The first-order valence-electron chi connectivity index (χ1n) is 5.85. The average Bonchev–Trinajstić information content (AvgIpc) is 2.99. The second kappa shape index (κ2) is 4.09. The Bertz CT molecular complexity index is 623. The first-order chi connectivity index (χ1) is 8.38. The van der Waals surface area contributed by atoms with Crippen LogP contribution in [0.5, 0.6) is 0 Å². The van der Waals surface area contributed by atoms with Crippen molar-refractivity contribution in [2.45, 2.75) is 19.9 Å². The molecule has 0 bridgehead atoms. The van der Waals surface area contributed by atoms with Crippen molar-refractivity contribution >= 4 is 10.9 Å². The van der Waals surface area contributed by atoms with Crippen LogP contribution >= 0.6 is 0 Å². The van der Waals surface area contributed by atoms with Crippen LogP contribution in [-0.4, -0.2) is 9.72 Å². The van der Waals surface area contributed by atoms with E-state index in [4.69, 9.17) is 4.52 Å². The summed E-state index contributed by atoms with van der Waals surface area (Å²) in [6.07, 6.45) is 4.83. The molecule has 0 N–H and O–H groups in total. The molecule has 3 heteroatoms. The Kier molecular flexibility index (Phi) is 2.44. The highest BCUT2D eigenvalue weighted by atomic mass is 16.5. The molecule has 0 fully saturated rings. The van der Waals surface area contributed by atoms with Gasteiger partial charge in [0, 0.05) is 12.3 Å². The molecule has 2 heterocycles. The minimum atomic E-state index is 0.737. The summed E-state index contributed by atoms with van der Waals surface area (Å²) >= 11 is 0. The van der Waals surface area contributed by atoms with Crippen molar-refractivity contribution in [3.05, 3.63) is 54.0 Å². The van der Waals surface area contributed by atoms with Crippen LogP contribution in [-0.2, 0) is 13.0 Å². The fraction of sp³-hybridized carbons (Fsp3) is 0.214. The molecular formula is C14H14N2O. The fourth-order valence-corrected chi connectivity index (χ4v) is 2.25. The van der Waals surface area contributed by atoms with Gasteiger partial charge in [0.25, 0.3) is 0 Å². The van der Waals surface area contributed by atoms with Crippen LogP contribution in [0.1, 0.15) is 18.2 Å². The highest BCUT2D eigenvalue weighted by molar-refractivity contribution is 5.83. The highest BCUT2D eigenvalue weighted by Gasteiger charge is 2.07. The summed E-state index contributed by atoms with van der Waals surface area (Å²) < 4.78 is 7.38. The van der Waals surface area contributed by atoms with Crippen molar-refractivity contribution in [1.29, 1.82) is 0 Å². The van der Waals surface area contributed by atoms with Gasteiger partial charge in [-0.05, 0) is 23.4 Å². The molecule has 0 radical (unpaired) electrons. The number of para-hydroxylation sites is 1. The maximum absolute atomic E-state index is 5.16. The SMILES string of the molecule is CCc1cccc2ccn(Cc3ccno3)c12. The Balaban J connectivity index is 2.10. The van der Waals surface area contributed by atoms with Crippen LogP contribution < -0.4 is 0 Å². The monoisotopic (exact) mass is 226 g/mol.